The number of nitrogens with zero attached hydrogens (tertiary/aromatic N) is 2. The van der Waals surface area contributed by atoms with E-state index >= 15 is 0 Å². The second-order valence-corrected chi connectivity index (χ2v) is 5.49. The van der Waals surface area contributed by atoms with E-state index in [1.165, 1.54) is 38.8 Å². The molecule has 1 aliphatic heterocycles. The van der Waals surface area contributed by atoms with E-state index in [9.17, 15) is 0 Å². The van der Waals surface area contributed by atoms with E-state index in [0.717, 1.165) is 23.3 Å². The quantitative estimate of drug-likeness (QED) is 0.848. The minimum Gasteiger partial charge on any atom is -0.356 e. The van der Waals surface area contributed by atoms with Crippen molar-refractivity contribution in [1.82, 2.24) is 4.98 Å². The van der Waals surface area contributed by atoms with E-state index in [2.05, 4.69) is 22.0 Å². The first kappa shape index (κ1) is 11.0. The van der Waals surface area contributed by atoms with Gasteiger partial charge in [0.15, 0.2) is 0 Å². The molecule has 92 valence electrons. The third-order valence-electron chi connectivity index (χ3n) is 4.17. The first-order chi connectivity index (χ1) is 8.35. The third-order valence-corrected chi connectivity index (χ3v) is 4.17. The molecule has 0 aromatic carbocycles. The monoisotopic (exact) mass is 231 g/mol. The van der Waals surface area contributed by atoms with Crippen LogP contribution in [0.5, 0.6) is 0 Å². The van der Waals surface area contributed by atoms with Gasteiger partial charge in [0.2, 0.25) is 0 Å². The Labute approximate surface area is 103 Å². The van der Waals surface area contributed by atoms with Gasteiger partial charge in [-0.3, -0.25) is 0 Å². The smallest absolute Gasteiger partial charge is 0.128 e. The number of aromatic nitrogens is 1. The van der Waals surface area contributed by atoms with Crippen LogP contribution >= 0.6 is 0 Å². The summed E-state index contributed by atoms with van der Waals surface area (Å²) in [4.78, 5) is 7.11. The lowest BCUT2D eigenvalue weighted by molar-refractivity contribution is 0.230. The number of pyridine rings is 1. The van der Waals surface area contributed by atoms with Crippen molar-refractivity contribution in [3.63, 3.8) is 0 Å². The Morgan fingerprint density at radius 2 is 2.00 bits per heavy atom. The maximum absolute atomic E-state index is 5.66. The van der Waals surface area contributed by atoms with Crippen molar-refractivity contribution in [1.29, 1.82) is 0 Å². The Morgan fingerprint density at radius 3 is 2.71 bits per heavy atom. The van der Waals surface area contributed by atoms with Crippen molar-refractivity contribution in [2.45, 2.75) is 32.2 Å². The first-order valence-corrected chi connectivity index (χ1v) is 6.76. The summed E-state index contributed by atoms with van der Waals surface area (Å²) >= 11 is 0. The maximum Gasteiger partial charge on any atom is 0.128 e. The highest BCUT2D eigenvalue weighted by Gasteiger charge is 2.30. The zero-order valence-corrected chi connectivity index (χ0v) is 10.3. The molecule has 3 heteroatoms. The fraction of sp³-hybridized carbons (Fsp3) is 0.643. The van der Waals surface area contributed by atoms with Crippen molar-refractivity contribution in [3.8, 4) is 0 Å². The van der Waals surface area contributed by atoms with Crippen LogP contribution in [0.15, 0.2) is 18.2 Å². The van der Waals surface area contributed by atoms with Gasteiger partial charge in [-0.15, -0.1) is 0 Å². The zero-order chi connectivity index (χ0) is 11.7. The molecular formula is C14H21N3. The van der Waals surface area contributed by atoms with Gasteiger partial charge in [-0.05, 0) is 43.2 Å². The first-order valence-electron chi connectivity index (χ1n) is 6.76. The van der Waals surface area contributed by atoms with Crippen molar-refractivity contribution >= 4 is 5.82 Å². The topological polar surface area (TPSA) is 42.1 Å². The van der Waals surface area contributed by atoms with Gasteiger partial charge in [0.1, 0.15) is 5.82 Å². The minimum absolute atomic E-state index is 0.536. The second-order valence-electron chi connectivity index (χ2n) is 5.49. The molecule has 1 saturated carbocycles. The number of hydrogen-bond donors (Lipinski definition) is 1. The highest BCUT2D eigenvalue weighted by Crippen LogP contribution is 2.35. The molecule has 3 nitrogen and oxygen atoms in total. The molecule has 3 rings (SSSR count). The molecule has 2 N–H and O–H groups in total. The van der Waals surface area contributed by atoms with Crippen LogP contribution in [-0.2, 0) is 6.54 Å². The fourth-order valence-electron chi connectivity index (χ4n) is 3.38. The summed E-state index contributed by atoms with van der Waals surface area (Å²) in [5, 5.41) is 0. The average Bonchev–Trinajstić information content (AvgIpc) is 2.38. The van der Waals surface area contributed by atoms with Crippen LogP contribution in [0.3, 0.4) is 0 Å². The summed E-state index contributed by atoms with van der Waals surface area (Å²) in [6.07, 6.45) is 5.68. The Kier molecular flexibility index (Phi) is 3.02. The molecular weight excluding hydrogens is 210 g/mol. The van der Waals surface area contributed by atoms with Crippen molar-refractivity contribution < 1.29 is 0 Å². The highest BCUT2D eigenvalue weighted by molar-refractivity contribution is 5.40. The Balaban J connectivity index is 1.79. The third kappa shape index (κ3) is 2.29. The van der Waals surface area contributed by atoms with Crippen molar-refractivity contribution in [2.24, 2.45) is 17.6 Å². The van der Waals surface area contributed by atoms with Gasteiger partial charge in [-0.2, -0.15) is 0 Å². The highest BCUT2D eigenvalue weighted by atomic mass is 15.2. The van der Waals surface area contributed by atoms with Crippen LogP contribution in [0, 0.1) is 11.8 Å². The fourth-order valence-corrected chi connectivity index (χ4v) is 3.38. The van der Waals surface area contributed by atoms with Gasteiger partial charge >= 0.3 is 0 Å². The van der Waals surface area contributed by atoms with Gasteiger partial charge in [0.25, 0.3) is 0 Å². The summed E-state index contributed by atoms with van der Waals surface area (Å²) in [5.74, 6) is 2.92. The van der Waals surface area contributed by atoms with E-state index in [1.807, 2.05) is 6.07 Å². The molecule has 1 saturated heterocycles. The Morgan fingerprint density at radius 1 is 1.24 bits per heavy atom. The van der Waals surface area contributed by atoms with Crippen LogP contribution in [0.2, 0.25) is 0 Å². The molecule has 0 amide bonds. The minimum atomic E-state index is 0.536. The van der Waals surface area contributed by atoms with Crippen molar-refractivity contribution in [2.75, 3.05) is 18.0 Å². The molecule has 17 heavy (non-hydrogen) atoms. The summed E-state index contributed by atoms with van der Waals surface area (Å²) in [6.45, 7) is 2.92. The van der Waals surface area contributed by atoms with Crippen molar-refractivity contribution in [3.05, 3.63) is 23.9 Å². The number of rotatable bonds is 2. The van der Waals surface area contributed by atoms with Gasteiger partial charge < -0.3 is 10.6 Å². The van der Waals surface area contributed by atoms with Crippen LogP contribution in [0.25, 0.3) is 0 Å². The molecule has 2 atom stereocenters. The maximum atomic E-state index is 5.66. The van der Waals surface area contributed by atoms with Gasteiger partial charge in [-0.25, -0.2) is 4.98 Å². The molecule has 1 aromatic rings. The van der Waals surface area contributed by atoms with E-state index in [-0.39, 0.29) is 0 Å². The number of hydrogen-bond acceptors (Lipinski definition) is 3. The lowest BCUT2D eigenvalue weighted by Gasteiger charge is -2.42. The van der Waals surface area contributed by atoms with Crippen LogP contribution in [0.4, 0.5) is 5.82 Å². The summed E-state index contributed by atoms with van der Waals surface area (Å²) in [6, 6.07) is 6.21. The van der Waals surface area contributed by atoms with Gasteiger partial charge in [0.05, 0.1) is 5.69 Å². The predicted octanol–water partition coefficient (Wildman–Crippen LogP) is 2.17. The number of anilines is 1. The summed E-state index contributed by atoms with van der Waals surface area (Å²) in [7, 11) is 0. The normalized spacial score (nSPS) is 28.2. The molecule has 0 radical (unpaired) electrons. The van der Waals surface area contributed by atoms with Gasteiger partial charge in [-0.1, -0.05) is 12.5 Å². The molecule has 2 bridgehead atoms. The van der Waals surface area contributed by atoms with E-state index in [4.69, 9.17) is 5.73 Å². The van der Waals surface area contributed by atoms with Crippen LogP contribution < -0.4 is 10.6 Å². The predicted molar refractivity (Wildman–Crippen MR) is 69.8 cm³/mol. The molecule has 1 aliphatic carbocycles. The molecule has 2 aliphatic rings. The summed E-state index contributed by atoms with van der Waals surface area (Å²) < 4.78 is 0. The lowest BCUT2D eigenvalue weighted by Crippen LogP contribution is -2.43. The van der Waals surface area contributed by atoms with Gasteiger partial charge in [0, 0.05) is 19.6 Å². The molecule has 1 aromatic heterocycles. The Bertz CT molecular complexity index is 379. The van der Waals surface area contributed by atoms with Crippen LogP contribution in [-0.4, -0.2) is 18.1 Å². The number of nitrogens with two attached hydrogens (primary N) is 1. The molecule has 0 spiro atoms. The lowest BCUT2D eigenvalue weighted by atomic mass is 9.78. The standard InChI is InChI=1S/C14H21N3/c15-8-13-5-2-6-14(16-13)17-9-11-3-1-4-12(7-11)10-17/h2,5-6,11-12H,1,3-4,7-10,15H2. The number of fused-ring (bicyclic) bond motifs is 2. The van der Waals surface area contributed by atoms with Crippen LogP contribution in [0.1, 0.15) is 31.4 Å². The SMILES string of the molecule is NCc1cccc(N2CC3CCCC(C3)C2)n1. The average molecular weight is 231 g/mol. The largest absolute Gasteiger partial charge is 0.356 e. The van der Waals surface area contributed by atoms with E-state index < -0.39 is 0 Å². The molecule has 2 unspecified atom stereocenters. The molecule has 2 heterocycles. The molecule has 2 fully saturated rings. The zero-order valence-electron chi connectivity index (χ0n) is 10.3. The van der Waals surface area contributed by atoms with E-state index in [0.29, 0.717) is 6.54 Å². The summed E-state index contributed by atoms with van der Waals surface area (Å²) in [5.41, 5.74) is 6.66. The van der Waals surface area contributed by atoms with E-state index in [1.54, 1.807) is 0 Å². The number of piperidine rings is 1. The Hall–Kier alpha value is -1.09. The second kappa shape index (κ2) is 4.65.